The number of aryl methyl sites for hydroxylation is 1. The van der Waals surface area contributed by atoms with Gasteiger partial charge in [-0.3, -0.25) is 9.52 Å². The van der Waals surface area contributed by atoms with Crippen molar-refractivity contribution in [3.8, 4) is 22.8 Å². The third-order valence-corrected chi connectivity index (χ3v) is 7.53. The zero-order valence-corrected chi connectivity index (χ0v) is 20.9. The van der Waals surface area contributed by atoms with E-state index in [1.165, 1.54) is 28.6 Å². The molecule has 1 N–H and O–H groups in total. The Morgan fingerprint density at radius 2 is 1.91 bits per heavy atom. The van der Waals surface area contributed by atoms with E-state index in [4.69, 9.17) is 14.2 Å². The predicted molar refractivity (Wildman–Crippen MR) is 138 cm³/mol. The van der Waals surface area contributed by atoms with Crippen LogP contribution < -0.4 is 14.2 Å². The molecule has 1 saturated heterocycles. The number of aromatic nitrogens is 1. The minimum atomic E-state index is 0.0225. The van der Waals surface area contributed by atoms with Crippen LogP contribution in [0.15, 0.2) is 54.6 Å². The summed E-state index contributed by atoms with van der Waals surface area (Å²) in [5.74, 6) is 1.57. The second kappa shape index (κ2) is 10.7. The van der Waals surface area contributed by atoms with Gasteiger partial charge in [0.15, 0.2) is 0 Å². The molecule has 6 nitrogen and oxygen atoms in total. The third kappa shape index (κ3) is 5.31. The van der Waals surface area contributed by atoms with Gasteiger partial charge in [-0.05, 0) is 79.1 Å². The van der Waals surface area contributed by atoms with E-state index < -0.39 is 0 Å². The Hall–Kier alpha value is -3.03. The van der Waals surface area contributed by atoms with Crippen molar-refractivity contribution in [2.24, 2.45) is 0 Å². The van der Waals surface area contributed by atoms with E-state index in [1.807, 2.05) is 32.0 Å². The average Bonchev–Trinajstić information content (AvgIpc) is 3.49. The molecule has 0 saturated carbocycles. The maximum Gasteiger partial charge on any atom is 0.231 e. The van der Waals surface area contributed by atoms with Crippen LogP contribution in [-0.2, 0) is 16.0 Å². The predicted octanol–water partition coefficient (Wildman–Crippen LogP) is 5.75. The topological polar surface area (TPSA) is 69.7 Å². The lowest BCUT2D eigenvalue weighted by atomic mass is 9.96. The number of carbonyl (C=O) groups excluding carboxylic acids is 1. The van der Waals surface area contributed by atoms with Crippen LogP contribution in [0, 0.1) is 6.92 Å². The number of carbonyl (C=O) groups is 1. The summed E-state index contributed by atoms with van der Waals surface area (Å²) >= 11 is 1.48. The Bertz CT molecular complexity index is 1200. The van der Waals surface area contributed by atoms with Crippen LogP contribution in [0.1, 0.15) is 53.5 Å². The average molecular weight is 491 g/mol. The number of pyridine rings is 1. The van der Waals surface area contributed by atoms with Crippen LogP contribution in [-0.4, -0.2) is 30.7 Å². The Morgan fingerprint density at radius 3 is 2.66 bits per heavy atom. The molecule has 1 aliphatic heterocycles. The molecule has 5 rings (SSSR count). The minimum absolute atomic E-state index is 0.0225. The molecule has 1 fully saturated rings. The number of amides is 1. The molecule has 1 amide bonds. The van der Waals surface area contributed by atoms with Crippen LogP contribution in [0.3, 0.4) is 0 Å². The van der Waals surface area contributed by atoms with Crippen molar-refractivity contribution in [1.82, 2.24) is 9.71 Å². The Kier molecular flexibility index (Phi) is 7.25. The van der Waals surface area contributed by atoms with Gasteiger partial charge in [-0.2, -0.15) is 0 Å². The highest BCUT2D eigenvalue weighted by Gasteiger charge is 2.28. The molecule has 35 heavy (non-hydrogen) atoms. The van der Waals surface area contributed by atoms with E-state index >= 15 is 0 Å². The molecule has 1 aliphatic carbocycles. The van der Waals surface area contributed by atoms with Crippen molar-refractivity contribution in [3.05, 3.63) is 77.0 Å². The highest BCUT2D eigenvalue weighted by molar-refractivity contribution is 7.98. The number of hydrogen-bond donors (Lipinski definition) is 1. The highest BCUT2D eigenvalue weighted by atomic mass is 32.2. The summed E-state index contributed by atoms with van der Waals surface area (Å²) in [6, 6.07) is 18.6. The summed E-state index contributed by atoms with van der Waals surface area (Å²) in [4.78, 5) is 16.2. The zero-order valence-electron chi connectivity index (χ0n) is 20.1. The summed E-state index contributed by atoms with van der Waals surface area (Å²) in [6.07, 6.45) is 2.45. The first-order valence-corrected chi connectivity index (χ1v) is 13.0. The first-order valence-electron chi connectivity index (χ1n) is 12.1. The van der Waals surface area contributed by atoms with Gasteiger partial charge in [0.2, 0.25) is 11.8 Å². The van der Waals surface area contributed by atoms with Gasteiger partial charge in [0, 0.05) is 30.4 Å². The number of nitrogens with zero attached hydrogens (tertiary/aromatic N) is 1. The third-order valence-electron chi connectivity index (χ3n) is 6.46. The van der Waals surface area contributed by atoms with E-state index in [0.717, 1.165) is 35.4 Å². The Morgan fingerprint density at radius 1 is 1.06 bits per heavy atom. The van der Waals surface area contributed by atoms with Gasteiger partial charge in [0.05, 0.1) is 11.9 Å². The van der Waals surface area contributed by atoms with Gasteiger partial charge in [0.25, 0.3) is 0 Å². The smallest absolute Gasteiger partial charge is 0.231 e. The number of rotatable bonds is 9. The fourth-order valence-corrected chi connectivity index (χ4v) is 5.63. The molecule has 2 atom stereocenters. The van der Waals surface area contributed by atoms with E-state index in [2.05, 4.69) is 46.1 Å². The number of ether oxygens (including phenoxy) is 3. The second-order valence-corrected chi connectivity index (χ2v) is 9.76. The maximum absolute atomic E-state index is 11.5. The molecule has 3 aromatic rings. The van der Waals surface area contributed by atoms with Crippen LogP contribution in [0.25, 0.3) is 11.1 Å². The fourth-order valence-electron chi connectivity index (χ4n) is 4.74. The SMILES string of the molecule is CCOCCOc1ccc(-c2cccc3c2CCC3Oc2ccc(C3CC(=O)NS3)cc2)c(C)n1. The van der Waals surface area contributed by atoms with Gasteiger partial charge in [-0.25, -0.2) is 4.98 Å². The summed E-state index contributed by atoms with van der Waals surface area (Å²) in [7, 11) is 0. The van der Waals surface area contributed by atoms with Crippen molar-refractivity contribution in [1.29, 1.82) is 0 Å². The lowest BCUT2D eigenvalue weighted by molar-refractivity contribution is -0.118. The van der Waals surface area contributed by atoms with Crippen molar-refractivity contribution in [3.63, 3.8) is 0 Å². The minimum Gasteiger partial charge on any atom is -0.486 e. The van der Waals surface area contributed by atoms with E-state index in [-0.39, 0.29) is 17.3 Å². The normalized spacial score (nSPS) is 18.9. The lowest BCUT2D eigenvalue weighted by Crippen LogP contribution is -2.07. The maximum atomic E-state index is 11.5. The monoisotopic (exact) mass is 490 g/mol. The van der Waals surface area contributed by atoms with Crippen molar-refractivity contribution < 1.29 is 19.0 Å². The molecular formula is C28H30N2O4S. The molecule has 2 aliphatic rings. The quantitative estimate of drug-likeness (QED) is 0.304. The molecule has 2 unspecified atom stereocenters. The first-order chi connectivity index (χ1) is 17.1. The molecule has 182 valence electrons. The largest absolute Gasteiger partial charge is 0.486 e. The van der Waals surface area contributed by atoms with Gasteiger partial charge in [-0.1, -0.05) is 30.3 Å². The standard InChI is InChI=1S/C28H30N2O4S/c1-3-32-15-16-33-28-14-12-21(18(2)29-28)22-5-4-6-24-23(22)11-13-25(24)34-20-9-7-19(8-10-20)26-17-27(31)30-35-26/h4-10,12,14,25-26H,3,11,13,15-17H2,1-2H3,(H,30,31). The lowest BCUT2D eigenvalue weighted by Gasteiger charge is -2.17. The molecular weight excluding hydrogens is 460 g/mol. The number of hydrogen-bond acceptors (Lipinski definition) is 6. The van der Waals surface area contributed by atoms with Crippen molar-refractivity contribution in [2.45, 2.75) is 44.5 Å². The summed E-state index contributed by atoms with van der Waals surface area (Å²) < 4.78 is 20.3. The highest BCUT2D eigenvalue weighted by Crippen LogP contribution is 2.41. The Labute approximate surface area is 210 Å². The van der Waals surface area contributed by atoms with Gasteiger partial charge in [-0.15, -0.1) is 0 Å². The van der Waals surface area contributed by atoms with Gasteiger partial charge >= 0.3 is 0 Å². The van der Waals surface area contributed by atoms with Crippen LogP contribution in [0.4, 0.5) is 0 Å². The molecule has 0 radical (unpaired) electrons. The van der Waals surface area contributed by atoms with Crippen molar-refractivity contribution in [2.75, 3.05) is 19.8 Å². The zero-order chi connectivity index (χ0) is 24.2. The molecule has 2 heterocycles. The van der Waals surface area contributed by atoms with Crippen molar-refractivity contribution >= 4 is 17.9 Å². The summed E-state index contributed by atoms with van der Waals surface area (Å²) in [6.45, 7) is 5.74. The summed E-state index contributed by atoms with van der Waals surface area (Å²) in [5.41, 5.74) is 7.00. The number of benzene rings is 2. The molecule has 7 heteroatoms. The molecule has 0 bridgehead atoms. The molecule has 2 aromatic carbocycles. The van der Waals surface area contributed by atoms with E-state index in [0.29, 0.717) is 32.1 Å². The fraction of sp³-hybridized carbons (Fsp3) is 0.357. The number of nitrogens with one attached hydrogen (secondary N) is 1. The number of fused-ring (bicyclic) bond motifs is 1. The Balaban J connectivity index is 1.29. The van der Waals surface area contributed by atoms with E-state index in [9.17, 15) is 4.79 Å². The summed E-state index contributed by atoms with van der Waals surface area (Å²) in [5, 5.41) is 0.171. The van der Waals surface area contributed by atoms with Gasteiger partial charge in [0.1, 0.15) is 18.5 Å². The molecule has 0 spiro atoms. The first kappa shape index (κ1) is 23.7. The molecule has 1 aromatic heterocycles. The van der Waals surface area contributed by atoms with Gasteiger partial charge < -0.3 is 14.2 Å². The van der Waals surface area contributed by atoms with E-state index in [1.54, 1.807) is 0 Å². The second-order valence-electron chi connectivity index (χ2n) is 8.75. The van der Waals surface area contributed by atoms with Crippen LogP contribution in [0.5, 0.6) is 11.6 Å². The van der Waals surface area contributed by atoms with Crippen LogP contribution >= 0.6 is 11.9 Å². The van der Waals surface area contributed by atoms with Crippen LogP contribution in [0.2, 0.25) is 0 Å².